The first-order valence-corrected chi connectivity index (χ1v) is 7.37. The summed E-state index contributed by atoms with van der Waals surface area (Å²) in [5, 5.41) is 12.1. The highest BCUT2D eigenvalue weighted by atomic mass is 16.5. The number of carboxylic acids is 1. The normalized spacial score (nSPS) is 29.9. The number of carbonyl (C=O) groups excluding carboxylic acids is 1. The van der Waals surface area contributed by atoms with Crippen LogP contribution < -0.4 is 5.32 Å². The Labute approximate surface area is 119 Å². The maximum Gasteiger partial charge on any atom is 0.320 e. The lowest BCUT2D eigenvalue weighted by Crippen LogP contribution is -2.47. The fraction of sp³-hybridized carbons (Fsp3) is 0.857. The van der Waals surface area contributed by atoms with Gasteiger partial charge in [0.15, 0.2) is 0 Å². The molecule has 1 amide bonds. The van der Waals surface area contributed by atoms with E-state index in [-0.39, 0.29) is 18.5 Å². The van der Waals surface area contributed by atoms with E-state index in [9.17, 15) is 14.7 Å². The molecule has 1 saturated carbocycles. The third-order valence-corrected chi connectivity index (χ3v) is 4.46. The minimum atomic E-state index is -0.802. The van der Waals surface area contributed by atoms with Crippen molar-refractivity contribution in [3.63, 3.8) is 0 Å². The second-order valence-electron chi connectivity index (χ2n) is 5.72. The van der Waals surface area contributed by atoms with Crippen molar-refractivity contribution in [1.29, 1.82) is 0 Å². The van der Waals surface area contributed by atoms with Gasteiger partial charge in [-0.05, 0) is 25.2 Å². The number of carboxylic acid groups (broad SMARTS) is 1. The minimum absolute atomic E-state index is 0.112. The molecule has 20 heavy (non-hydrogen) atoms. The summed E-state index contributed by atoms with van der Waals surface area (Å²) in [7, 11) is 1.58. The quantitative estimate of drug-likeness (QED) is 0.693. The fourth-order valence-corrected chi connectivity index (χ4v) is 3.54. The summed E-state index contributed by atoms with van der Waals surface area (Å²) < 4.78 is 4.89. The SMILES string of the molecule is COCCNC(=O)CN1C(C(=O)O)CC2CCCCC21. The lowest BCUT2D eigenvalue weighted by molar-refractivity contribution is -0.143. The van der Waals surface area contributed by atoms with Crippen molar-refractivity contribution in [2.75, 3.05) is 26.8 Å². The number of amides is 1. The standard InChI is InChI=1S/C14H24N2O4/c1-20-7-6-15-13(17)9-16-11-5-3-2-4-10(11)8-12(16)14(18)19/h10-12H,2-9H2,1H3,(H,15,17)(H,18,19). The Morgan fingerprint density at radius 1 is 1.35 bits per heavy atom. The van der Waals surface area contributed by atoms with Gasteiger partial charge in [-0.25, -0.2) is 0 Å². The highest BCUT2D eigenvalue weighted by Gasteiger charge is 2.45. The van der Waals surface area contributed by atoms with Gasteiger partial charge in [0.25, 0.3) is 0 Å². The van der Waals surface area contributed by atoms with Crippen LogP contribution in [0.5, 0.6) is 0 Å². The second kappa shape index (κ2) is 7.04. The summed E-state index contributed by atoms with van der Waals surface area (Å²) in [6, 6.07) is -0.241. The molecule has 0 radical (unpaired) electrons. The highest BCUT2D eigenvalue weighted by molar-refractivity contribution is 5.80. The molecule has 2 aliphatic rings. The van der Waals surface area contributed by atoms with Gasteiger partial charge >= 0.3 is 5.97 Å². The van der Waals surface area contributed by atoms with E-state index in [1.54, 1.807) is 7.11 Å². The van der Waals surface area contributed by atoms with Crippen LogP contribution in [0.2, 0.25) is 0 Å². The average Bonchev–Trinajstić information content (AvgIpc) is 2.78. The molecule has 0 bridgehead atoms. The molecular weight excluding hydrogens is 260 g/mol. The van der Waals surface area contributed by atoms with Gasteiger partial charge in [0, 0.05) is 19.7 Å². The van der Waals surface area contributed by atoms with Crippen molar-refractivity contribution in [1.82, 2.24) is 10.2 Å². The Balaban J connectivity index is 1.94. The number of nitrogens with one attached hydrogen (secondary N) is 1. The zero-order valence-electron chi connectivity index (χ0n) is 12.0. The van der Waals surface area contributed by atoms with Crippen LogP contribution in [0.4, 0.5) is 0 Å². The molecule has 0 aromatic heterocycles. The van der Waals surface area contributed by atoms with Crippen LogP contribution in [-0.2, 0) is 14.3 Å². The molecule has 3 unspecified atom stereocenters. The molecule has 1 saturated heterocycles. The topological polar surface area (TPSA) is 78.9 Å². The number of ether oxygens (including phenoxy) is 1. The molecule has 6 heteroatoms. The first-order valence-electron chi connectivity index (χ1n) is 7.37. The van der Waals surface area contributed by atoms with Gasteiger partial charge in [-0.15, -0.1) is 0 Å². The minimum Gasteiger partial charge on any atom is -0.480 e. The number of fused-ring (bicyclic) bond motifs is 1. The van der Waals surface area contributed by atoms with Gasteiger partial charge in [-0.1, -0.05) is 12.8 Å². The zero-order valence-corrected chi connectivity index (χ0v) is 12.0. The van der Waals surface area contributed by atoms with Crippen molar-refractivity contribution < 1.29 is 19.4 Å². The van der Waals surface area contributed by atoms with Gasteiger partial charge in [-0.3, -0.25) is 14.5 Å². The summed E-state index contributed by atoms with van der Waals surface area (Å²) in [5.74, 6) is -0.472. The molecule has 2 fully saturated rings. The monoisotopic (exact) mass is 284 g/mol. The lowest BCUT2D eigenvalue weighted by Gasteiger charge is -2.32. The first kappa shape index (κ1) is 15.3. The molecule has 0 aromatic carbocycles. The molecule has 1 heterocycles. The second-order valence-corrected chi connectivity index (χ2v) is 5.72. The van der Waals surface area contributed by atoms with Gasteiger partial charge in [0.1, 0.15) is 6.04 Å². The summed E-state index contributed by atoms with van der Waals surface area (Å²) in [6.45, 7) is 1.12. The Bertz CT molecular complexity index is 361. The number of rotatable bonds is 6. The number of nitrogens with zero attached hydrogens (tertiary/aromatic N) is 1. The third kappa shape index (κ3) is 3.49. The van der Waals surface area contributed by atoms with Crippen molar-refractivity contribution in [3.05, 3.63) is 0 Å². The van der Waals surface area contributed by atoms with E-state index in [4.69, 9.17) is 4.74 Å². The summed E-state index contributed by atoms with van der Waals surface area (Å²) in [5.41, 5.74) is 0. The van der Waals surface area contributed by atoms with Gasteiger partial charge in [-0.2, -0.15) is 0 Å². The maximum atomic E-state index is 11.9. The predicted octanol–water partition coefficient (Wildman–Crippen LogP) is 0.467. The average molecular weight is 284 g/mol. The van der Waals surface area contributed by atoms with E-state index < -0.39 is 12.0 Å². The molecule has 1 aliphatic heterocycles. The first-order chi connectivity index (χ1) is 9.63. The van der Waals surface area contributed by atoms with Crippen LogP contribution in [0.1, 0.15) is 32.1 Å². The number of hydrogen-bond donors (Lipinski definition) is 2. The van der Waals surface area contributed by atoms with Crippen LogP contribution in [0.25, 0.3) is 0 Å². The molecule has 0 spiro atoms. The van der Waals surface area contributed by atoms with Crippen LogP contribution in [0.15, 0.2) is 0 Å². The molecule has 114 valence electrons. The number of hydrogen-bond acceptors (Lipinski definition) is 4. The molecule has 2 rings (SSSR count). The van der Waals surface area contributed by atoms with E-state index >= 15 is 0 Å². The number of methoxy groups -OCH3 is 1. The summed E-state index contributed by atoms with van der Waals surface area (Å²) in [4.78, 5) is 25.2. The van der Waals surface area contributed by atoms with Gasteiger partial charge < -0.3 is 15.2 Å². The van der Waals surface area contributed by atoms with E-state index in [0.29, 0.717) is 25.5 Å². The van der Waals surface area contributed by atoms with E-state index in [2.05, 4.69) is 5.32 Å². The van der Waals surface area contributed by atoms with E-state index in [1.807, 2.05) is 4.90 Å². The molecular formula is C14H24N2O4. The molecule has 6 nitrogen and oxygen atoms in total. The predicted molar refractivity (Wildman–Crippen MR) is 73.4 cm³/mol. The van der Waals surface area contributed by atoms with Gasteiger partial charge in [0.2, 0.25) is 5.91 Å². The van der Waals surface area contributed by atoms with E-state index in [1.165, 1.54) is 6.42 Å². The van der Waals surface area contributed by atoms with Crippen LogP contribution in [-0.4, -0.2) is 60.8 Å². The van der Waals surface area contributed by atoms with Crippen LogP contribution in [0.3, 0.4) is 0 Å². The third-order valence-electron chi connectivity index (χ3n) is 4.46. The number of likely N-dealkylation sites (tertiary alicyclic amines) is 1. The summed E-state index contributed by atoms with van der Waals surface area (Å²) >= 11 is 0. The summed E-state index contributed by atoms with van der Waals surface area (Å²) in [6.07, 6.45) is 5.11. The van der Waals surface area contributed by atoms with Crippen molar-refractivity contribution in [3.8, 4) is 0 Å². The smallest absolute Gasteiger partial charge is 0.320 e. The highest BCUT2D eigenvalue weighted by Crippen LogP contribution is 2.39. The lowest BCUT2D eigenvalue weighted by atomic mass is 9.85. The maximum absolute atomic E-state index is 11.9. The van der Waals surface area contributed by atoms with Crippen molar-refractivity contribution in [2.45, 2.75) is 44.2 Å². The largest absolute Gasteiger partial charge is 0.480 e. The van der Waals surface area contributed by atoms with Crippen LogP contribution in [0, 0.1) is 5.92 Å². The number of carbonyl (C=O) groups is 2. The van der Waals surface area contributed by atoms with Gasteiger partial charge in [0.05, 0.1) is 13.2 Å². The Morgan fingerprint density at radius 3 is 2.80 bits per heavy atom. The zero-order chi connectivity index (χ0) is 14.5. The van der Waals surface area contributed by atoms with Crippen molar-refractivity contribution in [2.24, 2.45) is 5.92 Å². The Kier molecular flexibility index (Phi) is 5.37. The molecule has 0 aromatic rings. The Hall–Kier alpha value is -1.14. The molecule has 3 atom stereocenters. The van der Waals surface area contributed by atoms with Crippen LogP contribution >= 0.6 is 0 Å². The molecule has 1 aliphatic carbocycles. The fourth-order valence-electron chi connectivity index (χ4n) is 3.54. The molecule has 2 N–H and O–H groups in total. The van der Waals surface area contributed by atoms with Crippen molar-refractivity contribution >= 4 is 11.9 Å². The Morgan fingerprint density at radius 2 is 2.10 bits per heavy atom. The van der Waals surface area contributed by atoms with E-state index in [0.717, 1.165) is 19.3 Å². The number of aliphatic carboxylic acids is 1.